The molecule has 3 N–H and O–H groups in total. The average Bonchev–Trinajstić information content (AvgIpc) is 2.96. The van der Waals surface area contributed by atoms with Crippen molar-refractivity contribution < 1.29 is 14.0 Å². The Kier molecular flexibility index (Phi) is 6.91. The van der Waals surface area contributed by atoms with Crippen molar-refractivity contribution in [2.24, 2.45) is 0 Å². The Morgan fingerprint density at radius 2 is 1.81 bits per heavy atom. The molecule has 0 spiro atoms. The van der Waals surface area contributed by atoms with E-state index in [9.17, 15) is 9.59 Å². The molecule has 1 fully saturated rings. The molecular formula is C20H26ClN3O3. The van der Waals surface area contributed by atoms with E-state index in [1.807, 2.05) is 36.1 Å². The highest BCUT2D eigenvalue weighted by Gasteiger charge is 2.25. The first kappa shape index (κ1) is 20.8. The van der Waals surface area contributed by atoms with Gasteiger partial charge in [0.15, 0.2) is 0 Å². The fraction of sp³-hybridized carbons (Fsp3) is 0.400. The number of amides is 2. The summed E-state index contributed by atoms with van der Waals surface area (Å²) in [7, 11) is 0. The van der Waals surface area contributed by atoms with Crippen LogP contribution in [-0.4, -0.2) is 35.8 Å². The van der Waals surface area contributed by atoms with Crippen LogP contribution in [0.4, 0.5) is 5.69 Å². The zero-order valence-corrected chi connectivity index (χ0v) is 16.5. The molecule has 27 heavy (non-hydrogen) atoms. The number of piperidine rings is 1. The predicted molar refractivity (Wildman–Crippen MR) is 107 cm³/mol. The van der Waals surface area contributed by atoms with Crippen LogP contribution in [0.25, 0.3) is 0 Å². The number of halogens is 1. The molecule has 2 aromatic rings. The topological polar surface area (TPSA) is 88.6 Å². The first-order chi connectivity index (χ1) is 12.4. The normalized spacial score (nSPS) is 14.5. The zero-order valence-electron chi connectivity index (χ0n) is 15.7. The van der Waals surface area contributed by atoms with Crippen LogP contribution in [0.2, 0.25) is 0 Å². The van der Waals surface area contributed by atoms with Gasteiger partial charge in [0.2, 0.25) is 5.91 Å². The Bertz CT molecular complexity index is 793. The van der Waals surface area contributed by atoms with Crippen molar-refractivity contribution in [3.8, 4) is 0 Å². The maximum absolute atomic E-state index is 12.4. The van der Waals surface area contributed by atoms with Gasteiger partial charge in [-0.2, -0.15) is 0 Å². The van der Waals surface area contributed by atoms with E-state index in [1.54, 1.807) is 13.0 Å². The molecule has 0 atom stereocenters. The first-order valence-electron chi connectivity index (χ1n) is 8.92. The van der Waals surface area contributed by atoms with E-state index in [1.165, 1.54) is 0 Å². The van der Waals surface area contributed by atoms with Crippen LogP contribution in [0.3, 0.4) is 0 Å². The second kappa shape index (κ2) is 8.95. The molecule has 0 radical (unpaired) electrons. The molecule has 0 saturated carbocycles. The summed E-state index contributed by atoms with van der Waals surface area (Å²) in [6, 6.07) is 9.23. The van der Waals surface area contributed by atoms with E-state index in [0.29, 0.717) is 36.5 Å². The molecule has 7 heteroatoms. The number of likely N-dealkylation sites (tertiary alicyclic amines) is 1. The lowest BCUT2D eigenvalue weighted by Gasteiger charge is -2.32. The molecule has 0 bridgehead atoms. The fourth-order valence-electron chi connectivity index (χ4n) is 3.31. The summed E-state index contributed by atoms with van der Waals surface area (Å²) in [5.41, 5.74) is 7.92. The van der Waals surface area contributed by atoms with Gasteiger partial charge in [0.1, 0.15) is 11.5 Å². The SMILES string of the molecule is Cc1cc(C(=O)NC2CCN(C(=O)Cc3ccc(N)cc3)CC2)c(C)o1.Cl. The maximum Gasteiger partial charge on any atom is 0.255 e. The van der Waals surface area contributed by atoms with Crippen LogP contribution >= 0.6 is 12.4 Å². The van der Waals surface area contributed by atoms with Crippen LogP contribution in [0.1, 0.15) is 40.3 Å². The van der Waals surface area contributed by atoms with Crippen molar-refractivity contribution in [1.82, 2.24) is 10.2 Å². The molecule has 2 heterocycles. The summed E-state index contributed by atoms with van der Waals surface area (Å²) in [6.07, 6.45) is 1.90. The number of nitrogen functional groups attached to an aromatic ring is 1. The van der Waals surface area contributed by atoms with Gasteiger partial charge < -0.3 is 20.4 Å². The number of nitrogens with zero attached hydrogens (tertiary/aromatic N) is 1. The number of carbonyl (C=O) groups is 2. The lowest BCUT2D eigenvalue weighted by Crippen LogP contribution is -2.47. The number of anilines is 1. The molecule has 2 amide bonds. The molecule has 1 aliphatic rings. The Morgan fingerprint density at radius 3 is 2.37 bits per heavy atom. The Labute approximate surface area is 165 Å². The van der Waals surface area contributed by atoms with Gasteiger partial charge in [-0.1, -0.05) is 12.1 Å². The number of hydrogen-bond donors (Lipinski definition) is 2. The van der Waals surface area contributed by atoms with Gasteiger partial charge in [-0.05, 0) is 50.5 Å². The summed E-state index contributed by atoms with van der Waals surface area (Å²) in [6.45, 7) is 4.93. The van der Waals surface area contributed by atoms with Gasteiger partial charge in [-0.3, -0.25) is 9.59 Å². The third kappa shape index (κ3) is 5.26. The Balaban J connectivity index is 0.00000261. The Morgan fingerprint density at radius 1 is 1.19 bits per heavy atom. The highest BCUT2D eigenvalue weighted by Crippen LogP contribution is 2.17. The van der Waals surface area contributed by atoms with Crippen LogP contribution in [0.5, 0.6) is 0 Å². The minimum Gasteiger partial charge on any atom is -0.466 e. The summed E-state index contributed by atoms with van der Waals surface area (Å²) in [5.74, 6) is 1.37. The van der Waals surface area contributed by atoms with E-state index in [0.717, 1.165) is 24.2 Å². The van der Waals surface area contributed by atoms with Crippen LogP contribution < -0.4 is 11.1 Å². The van der Waals surface area contributed by atoms with E-state index < -0.39 is 0 Å². The summed E-state index contributed by atoms with van der Waals surface area (Å²) < 4.78 is 5.42. The number of nitrogens with two attached hydrogens (primary N) is 1. The molecule has 1 aliphatic heterocycles. The van der Waals surface area contributed by atoms with Gasteiger partial charge in [0, 0.05) is 24.8 Å². The lowest BCUT2D eigenvalue weighted by molar-refractivity contribution is -0.131. The highest BCUT2D eigenvalue weighted by molar-refractivity contribution is 5.95. The van der Waals surface area contributed by atoms with Crippen molar-refractivity contribution in [1.29, 1.82) is 0 Å². The minimum atomic E-state index is -0.106. The highest BCUT2D eigenvalue weighted by atomic mass is 35.5. The number of rotatable bonds is 4. The number of nitrogens with one attached hydrogen (secondary N) is 1. The lowest BCUT2D eigenvalue weighted by atomic mass is 10.0. The summed E-state index contributed by atoms with van der Waals surface area (Å²) in [4.78, 5) is 26.7. The molecule has 1 saturated heterocycles. The smallest absolute Gasteiger partial charge is 0.255 e. The zero-order chi connectivity index (χ0) is 18.7. The standard InChI is InChI=1S/C20H25N3O3.ClH/c1-13-11-18(14(2)26-13)20(25)22-17-7-9-23(10-8-17)19(24)12-15-3-5-16(21)6-4-15;/h3-6,11,17H,7-10,12,21H2,1-2H3,(H,22,25);1H. The largest absolute Gasteiger partial charge is 0.466 e. The molecule has 0 aliphatic carbocycles. The third-order valence-corrected chi connectivity index (χ3v) is 4.80. The average molecular weight is 392 g/mol. The monoisotopic (exact) mass is 391 g/mol. The second-order valence-electron chi connectivity index (χ2n) is 6.87. The quantitative estimate of drug-likeness (QED) is 0.784. The summed E-state index contributed by atoms with van der Waals surface area (Å²) in [5, 5.41) is 3.05. The molecule has 1 aromatic heterocycles. The third-order valence-electron chi connectivity index (χ3n) is 4.80. The van der Waals surface area contributed by atoms with Crippen molar-refractivity contribution in [3.05, 3.63) is 53.0 Å². The van der Waals surface area contributed by atoms with Gasteiger partial charge in [-0.15, -0.1) is 12.4 Å². The van der Waals surface area contributed by atoms with Crippen LogP contribution in [0.15, 0.2) is 34.7 Å². The Hall–Kier alpha value is -2.47. The van der Waals surface area contributed by atoms with Crippen molar-refractivity contribution >= 4 is 29.9 Å². The molecule has 6 nitrogen and oxygen atoms in total. The molecule has 146 valence electrons. The number of hydrogen-bond acceptors (Lipinski definition) is 4. The van der Waals surface area contributed by atoms with E-state index in [4.69, 9.17) is 10.2 Å². The fourth-order valence-corrected chi connectivity index (χ4v) is 3.31. The van der Waals surface area contributed by atoms with E-state index >= 15 is 0 Å². The van der Waals surface area contributed by atoms with Crippen molar-refractivity contribution in [2.75, 3.05) is 18.8 Å². The van der Waals surface area contributed by atoms with Gasteiger partial charge in [0.05, 0.1) is 12.0 Å². The van der Waals surface area contributed by atoms with Crippen LogP contribution in [-0.2, 0) is 11.2 Å². The predicted octanol–water partition coefficient (Wildman–Crippen LogP) is 2.86. The second-order valence-corrected chi connectivity index (χ2v) is 6.87. The van der Waals surface area contributed by atoms with Gasteiger partial charge in [0.25, 0.3) is 5.91 Å². The van der Waals surface area contributed by atoms with E-state index in [2.05, 4.69) is 5.32 Å². The number of carbonyl (C=O) groups excluding carboxylic acids is 2. The molecular weight excluding hydrogens is 366 g/mol. The number of furan rings is 1. The van der Waals surface area contributed by atoms with Gasteiger partial charge >= 0.3 is 0 Å². The van der Waals surface area contributed by atoms with Crippen molar-refractivity contribution in [3.63, 3.8) is 0 Å². The van der Waals surface area contributed by atoms with Gasteiger partial charge in [-0.25, -0.2) is 0 Å². The number of benzene rings is 1. The molecule has 3 rings (SSSR count). The number of aryl methyl sites for hydroxylation is 2. The minimum absolute atomic E-state index is 0. The molecule has 1 aromatic carbocycles. The van der Waals surface area contributed by atoms with Crippen molar-refractivity contribution in [2.45, 2.75) is 39.2 Å². The van der Waals surface area contributed by atoms with Crippen LogP contribution in [0, 0.1) is 13.8 Å². The maximum atomic E-state index is 12.4. The summed E-state index contributed by atoms with van der Waals surface area (Å²) >= 11 is 0. The van der Waals surface area contributed by atoms with E-state index in [-0.39, 0.29) is 30.3 Å². The first-order valence-corrected chi connectivity index (χ1v) is 8.92. The molecule has 0 unspecified atom stereocenters.